The Bertz CT molecular complexity index is 776. The van der Waals surface area contributed by atoms with Crippen molar-refractivity contribution >= 4 is 40.7 Å². The van der Waals surface area contributed by atoms with Gasteiger partial charge in [-0.2, -0.15) is 0 Å². The van der Waals surface area contributed by atoms with E-state index in [9.17, 15) is 9.59 Å². The molecule has 0 unspecified atom stereocenters. The van der Waals surface area contributed by atoms with Crippen LogP contribution in [0.3, 0.4) is 0 Å². The van der Waals surface area contributed by atoms with Gasteiger partial charge >= 0.3 is 0 Å². The van der Waals surface area contributed by atoms with Gasteiger partial charge < -0.3 is 5.73 Å². The van der Waals surface area contributed by atoms with Crippen LogP contribution in [0.5, 0.6) is 0 Å². The summed E-state index contributed by atoms with van der Waals surface area (Å²) in [5.74, 6) is -0.912. The summed E-state index contributed by atoms with van der Waals surface area (Å²) < 4.78 is 0. The Hall–Kier alpha value is -2.04. The highest BCUT2D eigenvalue weighted by Crippen LogP contribution is 2.34. The van der Waals surface area contributed by atoms with Crippen molar-refractivity contribution in [1.29, 1.82) is 0 Å². The quantitative estimate of drug-likeness (QED) is 0.917. The first kappa shape index (κ1) is 14.9. The Kier molecular flexibility index (Phi) is 3.81. The Morgan fingerprint density at radius 3 is 2.55 bits per heavy atom. The SMILES string of the molecule is NC(=O)[C@@H]1Cc2ccccc2N1C(=O)c1ccc(Cl)cc1Cl. The van der Waals surface area contributed by atoms with Crippen LogP contribution in [0, 0.1) is 0 Å². The van der Waals surface area contributed by atoms with Crippen LogP contribution in [0.4, 0.5) is 5.69 Å². The van der Waals surface area contributed by atoms with Crippen molar-refractivity contribution in [3.8, 4) is 0 Å². The number of anilines is 1. The molecule has 2 aromatic carbocycles. The Morgan fingerprint density at radius 1 is 1.14 bits per heavy atom. The molecule has 0 fully saturated rings. The van der Waals surface area contributed by atoms with Crippen molar-refractivity contribution in [1.82, 2.24) is 0 Å². The molecule has 0 spiro atoms. The number of para-hydroxylation sites is 1. The van der Waals surface area contributed by atoms with Crippen LogP contribution in [-0.4, -0.2) is 17.9 Å². The van der Waals surface area contributed by atoms with Crippen LogP contribution in [-0.2, 0) is 11.2 Å². The fourth-order valence-electron chi connectivity index (χ4n) is 2.66. The number of nitrogens with zero attached hydrogens (tertiary/aromatic N) is 1. The highest BCUT2D eigenvalue weighted by molar-refractivity contribution is 6.37. The molecule has 0 saturated carbocycles. The second kappa shape index (κ2) is 5.63. The van der Waals surface area contributed by atoms with Crippen LogP contribution in [0.1, 0.15) is 15.9 Å². The molecule has 0 aliphatic carbocycles. The number of carbonyl (C=O) groups is 2. The van der Waals surface area contributed by atoms with E-state index >= 15 is 0 Å². The van der Waals surface area contributed by atoms with Gasteiger partial charge in [0, 0.05) is 17.1 Å². The predicted molar refractivity (Wildman–Crippen MR) is 86.4 cm³/mol. The average molecular weight is 335 g/mol. The monoisotopic (exact) mass is 334 g/mol. The van der Waals surface area contributed by atoms with Crippen molar-refractivity contribution in [2.75, 3.05) is 4.90 Å². The third-order valence-corrected chi connectivity index (χ3v) is 4.23. The zero-order valence-corrected chi connectivity index (χ0v) is 12.9. The number of halogens is 2. The van der Waals surface area contributed by atoms with Crippen molar-refractivity contribution < 1.29 is 9.59 Å². The van der Waals surface area contributed by atoms with Crippen LogP contribution < -0.4 is 10.6 Å². The standard InChI is InChI=1S/C16H12Cl2N2O2/c17-10-5-6-11(12(18)8-10)16(22)20-13-4-2-1-3-9(13)7-14(20)15(19)21/h1-6,8,14H,7H2,(H2,19,21)/t14-/m0/s1. The van der Waals surface area contributed by atoms with Gasteiger partial charge in [0.2, 0.25) is 5.91 Å². The van der Waals surface area contributed by atoms with Crippen molar-refractivity contribution in [3.63, 3.8) is 0 Å². The van der Waals surface area contributed by atoms with E-state index in [0.717, 1.165) is 5.56 Å². The summed E-state index contributed by atoms with van der Waals surface area (Å²) in [5.41, 5.74) is 7.33. The Morgan fingerprint density at radius 2 is 1.86 bits per heavy atom. The number of fused-ring (bicyclic) bond motifs is 1. The highest BCUT2D eigenvalue weighted by Gasteiger charge is 2.37. The molecule has 22 heavy (non-hydrogen) atoms. The maximum absolute atomic E-state index is 12.8. The zero-order valence-electron chi connectivity index (χ0n) is 11.4. The first-order valence-electron chi connectivity index (χ1n) is 6.65. The largest absolute Gasteiger partial charge is 0.368 e. The predicted octanol–water partition coefficient (Wildman–Crippen LogP) is 3.05. The lowest BCUT2D eigenvalue weighted by Crippen LogP contribution is -2.46. The van der Waals surface area contributed by atoms with Gasteiger partial charge in [-0.3, -0.25) is 14.5 Å². The van der Waals surface area contributed by atoms with Gasteiger partial charge in [0.15, 0.2) is 0 Å². The minimum absolute atomic E-state index is 0.241. The van der Waals surface area contributed by atoms with E-state index < -0.39 is 11.9 Å². The summed E-state index contributed by atoms with van der Waals surface area (Å²) >= 11 is 12.0. The van der Waals surface area contributed by atoms with Crippen molar-refractivity contribution in [3.05, 3.63) is 63.6 Å². The average Bonchev–Trinajstić information content (AvgIpc) is 2.86. The van der Waals surface area contributed by atoms with Crippen LogP contribution in [0.2, 0.25) is 10.0 Å². The second-order valence-electron chi connectivity index (χ2n) is 5.05. The van der Waals surface area contributed by atoms with Crippen LogP contribution in [0.25, 0.3) is 0 Å². The molecule has 1 heterocycles. The minimum atomic E-state index is -0.711. The number of benzene rings is 2. The number of amides is 2. The fraction of sp³-hybridized carbons (Fsp3) is 0.125. The number of rotatable bonds is 2. The summed E-state index contributed by atoms with van der Waals surface area (Å²) in [7, 11) is 0. The number of primary amides is 1. The lowest BCUT2D eigenvalue weighted by atomic mass is 10.1. The Balaban J connectivity index is 2.07. The molecule has 2 aromatic rings. The topological polar surface area (TPSA) is 63.4 Å². The van der Waals surface area contributed by atoms with E-state index in [-0.39, 0.29) is 16.5 Å². The van der Waals surface area contributed by atoms with E-state index in [1.807, 2.05) is 18.2 Å². The molecule has 1 atom stereocenters. The van der Waals surface area contributed by atoms with Gasteiger partial charge in [0.1, 0.15) is 6.04 Å². The second-order valence-corrected chi connectivity index (χ2v) is 5.89. The lowest BCUT2D eigenvalue weighted by molar-refractivity contribution is -0.119. The third kappa shape index (κ3) is 2.45. The zero-order chi connectivity index (χ0) is 15.9. The highest BCUT2D eigenvalue weighted by atomic mass is 35.5. The van der Waals surface area contributed by atoms with Gasteiger partial charge in [0.05, 0.1) is 10.6 Å². The number of hydrogen-bond donors (Lipinski definition) is 1. The van der Waals surface area contributed by atoms with Crippen LogP contribution >= 0.6 is 23.2 Å². The molecule has 2 N–H and O–H groups in total. The number of hydrogen-bond acceptors (Lipinski definition) is 2. The molecule has 112 valence electrons. The van der Waals surface area contributed by atoms with Gasteiger partial charge in [-0.1, -0.05) is 41.4 Å². The molecule has 0 saturated heterocycles. The molecule has 0 radical (unpaired) electrons. The summed E-state index contributed by atoms with van der Waals surface area (Å²) in [6, 6.07) is 11.3. The molecule has 2 amide bonds. The molecule has 1 aliphatic rings. The van der Waals surface area contributed by atoms with Crippen molar-refractivity contribution in [2.45, 2.75) is 12.5 Å². The molecule has 1 aliphatic heterocycles. The maximum Gasteiger partial charge on any atom is 0.260 e. The van der Waals surface area contributed by atoms with Crippen LogP contribution in [0.15, 0.2) is 42.5 Å². The van der Waals surface area contributed by atoms with Gasteiger partial charge in [-0.05, 0) is 29.8 Å². The molecule has 0 bridgehead atoms. The van der Waals surface area contributed by atoms with Gasteiger partial charge in [-0.25, -0.2) is 0 Å². The van der Waals surface area contributed by atoms with Crippen molar-refractivity contribution in [2.24, 2.45) is 5.73 Å². The first-order valence-corrected chi connectivity index (χ1v) is 7.40. The van der Waals surface area contributed by atoms with E-state index in [0.29, 0.717) is 17.1 Å². The molecule has 6 heteroatoms. The number of carbonyl (C=O) groups excluding carboxylic acids is 2. The fourth-order valence-corrected chi connectivity index (χ4v) is 3.15. The maximum atomic E-state index is 12.8. The molecule has 4 nitrogen and oxygen atoms in total. The lowest BCUT2D eigenvalue weighted by Gasteiger charge is -2.23. The van der Waals surface area contributed by atoms with Gasteiger partial charge in [-0.15, -0.1) is 0 Å². The van der Waals surface area contributed by atoms with E-state index in [4.69, 9.17) is 28.9 Å². The third-order valence-electron chi connectivity index (χ3n) is 3.68. The molecular formula is C16H12Cl2N2O2. The first-order chi connectivity index (χ1) is 10.5. The smallest absolute Gasteiger partial charge is 0.260 e. The normalized spacial score (nSPS) is 16.5. The summed E-state index contributed by atoms with van der Waals surface area (Å²) in [6.07, 6.45) is 0.405. The van der Waals surface area contributed by atoms with E-state index in [1.54, 1.807) is 18.2 Å². The number of nitrogens with two attached hydrogens (primary N) is 1. The minimum Gasteiger partial charge on any atom is -0.368 e. The van der Waals surface area contributed by atoms with E-state index in [1.165, 1.54) is 11.0 Å². The summed E-state index contributed by atoms with van der Waals surface area (Å²) in [4.78, 5) is 26.0. The Labute approximate surface area is 137 Å². The molecular weight excluding hydrogens is 323 g/mol. The molecule has 3 rings (SSSR count). The summed E-state index contributed by atoms with van der Waals surface area (Å²) in [6.45, 7) is 0. The molecule has 0 aromatic heterocycles. The summed E-state index contributed by atoms with van der Waals surface area (Å²) in [5, 5.41) is 0.680. The van der Waals surface area contributed by atoms with E-state index in [2.05, 4.69) is 0 Å². The van der Waals surface area contributed by atoms with Gasteiger partial charge in [0.25, 0.3) is 5.91 Å².